The summed E-state index contributed by atoms with van der Waals surface area (Å²) >= 11 is 0. The fraction of sp³-hybridized carbons (Fsp3) is 0.154. The fourth-order valence-electron chi connectivity index (χ4n) is 3.58. The number of rotatable bonds is 4. The summed E-state index contributed by atoms with van der Waals surface area (Å²) in [4.78, 5) is 18.3. The van der Waals surface area contributed by atoms with E-state index < -0.39 is 0 Å². The van der Waals surface area contributed by atoms with Crippen LogP contribution in [0.3, 0.4) is 0 Å². The highest BCUT2D eigenvalue weighted by molar-refractivity contribution is 6.10. The second kappa shape index (κ2) is 7.51. The largest absolute Gasteiger partial charge is 0.290 e. The van der Waals surface area contributed by atoms with Crippen molar-refractivity contribution in [3.63, 3.8) is 0 Å². The molecule has 0 aliphatic heterocycles. The Labute approximate surface area is 171 Å². The van der Waals surface area contributed by atoms with E-state index in [1.807, 2.05) is 71.3 Å². The van der Waals surface area contributed by atoms with Crippen molar-refractivity contribution in [2.45, 2.75) is 26.2 Å². The van der Waals surface area contributed by atoms with Crippen molar-refractivity contribution in [3.05, 3.63) is 108 Å². The lowest BCUT2D eigenvalue weighted by molar-refractivity contribution is 0.103. The molecule has 0 unspecified atom stereocenters. The van der Waals surface area contributed by atoms with Crippen LogP contribution >= 0.6 is 0 Å². The van der Waals surface area contributed by atoms with Gasteiger partial charge in [-0.3, -0.25) is 9.36 Å². The molecule has 4 aromatic rings. The summed E-state index contributed by atoms with van der Waals surface area (Å²) < 4.78 is 2.01. The maximum atomic E-state index is 13.7. The summed E-state index contributed by atoms with van der Waals surface area (Å²) in [6.07, 6.45) is 1.76. The van der Waals surface area contributed by atoms with Crippen LogP contribution < -0.4 is 0 Å². The molecule has 0 saturated carbocycles. The molecule has 144 valence electrons. The number of nitrogens with zero attached hydrogens (tertiary/aromatic N) is 2. The molecule has 2 aromatic carbocycles. The van der Waals surface area contributed by atoms with Gasteiger partial charge in [-0.05, 0) is 34.7 Å². The number of ketones is 1. The Morgan fingerprint density at radius 1 is 0.828 bits per heavy atom. The van der Waals surface area contributed by atoms with E-state index in [9.17, 15) is 4.79 Å². The molecule has 2 aromatic heterocycles. The van der Waals surface area contributed by atoms with Crippen LogP contribution in [0.1, 0.15) is 42.4 Å². The van der Waals surface area contributed by atoms with Crippen molar-refractivity contribution >= 4 is 5.78 Å². The van der Waals surface area contributed by atoms with Crippen molar-refractivity contribution in [3.8, 4) is 17.1 Å². The number of hydrogen-bond donors (Lipinski definition) is 0. The third kappa shape index (κ3) is 3.64. The van der Waals surface area contributed by atoms with Gasteiger partial charge < -0.3 is 0 Å². The highest BCUT2D eigenvalue weighted by Gasteiger charge is 2.30. The van der Waals surface area contributed by atoms with Crippen LogP contribution in [0.4, 0.5) is 0 Å². The molecule has 2 heterocycles. The average Bonchev–Trinajstić information content (AvgIpc) is 3.16. The summed E-state index contributed by atoms with van der Waals surface area (Å²) in [5.41, 5.74) is 4.16. The molecule has 0 saturated heterocycles. The first-order chi connectivity index (χ1) is 14.0. The Balaban J connectivity index is 2.07. The monoisotopic (exact) mass is 380 g/mol. The topological polar surface area (TPSA) is 34.9 Å². The van der Waals surface area contributed by atoms with Crippen LogP contribution in [0, 0.1) is 0 Å². The molecule has 0 radical (unpaired) electrons. The molecule has 0 fully saturated rings. The van der Waals surface area contributed by atoms with Crippen molar-refractivity contribution in [1.82, 2.24) is 9.55 Å². The third-order valence-electron chi connectivity index (χ3n) is 5.01. The Morgan fingerprint density at radius 2 is 1.45 bits per heavy atom. The first kappa shape index (κ1) is 18.9. The Bertz CT molecular complexity index is 1120. The van der Waals surface area contributed by atoms with Gasteiger partial charge in [0.15, 0.2) is 0 Å². The van der Waals surface area contributed by atoms with E-state index in [0.29, 0.717) is 11.3 Å². The van der Waals surface area contributed by atoms with Crippen LogP contribution in [0.2, 0.25) is 0 Å². The van der Waals surface area contributed by atoms with E-state index in [-0.39, 0.29) is 11.2 Å². The minimum absolute atomic E-state index is 0.00311. The Morgan fingerprint density at radius 3 is 2.03 bits per heavy atom. The molecular formula is C26H24N2O. The summed E-state index contributed by atoms with van der Waals surface area (Å²) in [6.45, 7) is 6.42. The average molecular weight is 380 g/mol. The van der Waals surface area contributed by atoms with Gasteiger partial charge in [-0.15, -0.1) is 0 Å². The SMILES string of the molecule is CC(C)(C)c1cc(-c2ccccc2)n(-c2ccccn2)c1C(=O)c1ccccc1. The molecule has 3 heteroatoms. The second-order valence-corrected chi connectivity index (χ2v) is 8.13. The molecule has 0 aliphatic rings. The molecule has 0 spiro atoms. The van der Waals surface area contributed by atoms with Crippen LogP contribution in [0.5, 0.6) is 0 Å². The predicted molar refractivity (Wildman–Crippen MR) is 118 cm³/mol. The summed E-state index contributed by atoms with van der Waals surface area (Å²) in [5.74, 6) is 0.740. The number of hydrogen-bond acceptors (Lipinski definition) is 2. The van der Waals surface area contributed by atoms with Gasteiger partial charge >= 0.3 is 0 Å². The zero-order chi connectivity index (χ0) is 20.4. The standard InChI is InChI=1S/C26H24N2O/c1-26(2,3)21-18-22(19-12-6-4-7-13-19)28(23-16-10-11-17-27-23)24(21)25(29)20-14-8-5-9-15-20/h4-18H,1-3H3. The van der Waals surface area contributed by atoms with Gasteiger partial charge in [-0.25, -0.2) is 4.98 Å². The van der Waals surface area contributed by atoms with Gasteiger partial charge in [0.25, 0.3) is 0 Å². The lowest BCUT2D eigenvalue weighted by Crippen LogP contribution is -2.19. The maximum absolute atomic E-state index is 13.7. The minimum Gasteiger partial charge on any atom is -0.290 e. The van der Waals surface area contributed by atoms with E-state index in [1.54, 1.807) is 6.20 Å². The lowest BCUT2D eigenvalue weighted by atomic mass is 9.85. The zero-order valence-electron chi connectivity index (χ0n) is 17.0. The fourth-order valence-corrected chi connectivity index (χ4v) is 3.58. The number of carbonyl (C=O) groups excluding carboxylic acids is 1. The quantitative estimate of drug-likeness (QED) is 0.403. The molecule has 0 N–H and O–H groups in total. The molecule has 29 heavy (non-hydrogen) atoms. The molecule has 0 bridgehead atoms. The maximum Gasteiger partial charge on any atom is 0.210 e. The number of pyridine rings is 1. The summed E-state index contributed by atoms with van der Waals surface area (Å²) in [6, 6.07) is 27.5. The smallest absolute Gasteiger partial charge is 0.210 e. The first-order valence-corrected chi connectivity index (χ1v) is 9.79. The first-order valence-electron chi connectivity index (χ1n) is 9.79. The van der Waals surface area contributed by atoms with Gasteiger partial charge in [-0.2, -0.15) is 0 Å². The third-order valence-corrected chi connectivity index (χ3v) is 5.01. The normalized spacial score (nSPS) is 11.4. The van der Waals surface area contributed by atoms with Gasteiger partial charge in [-0.1, -0.05) is 87.5 Å². The van der Waals surface area contributed by atoms with E-state index in [4.69, 9.17) is 0 Å². The van der Waals surface area contributed by atoms with Gasteiger partial charge in [0.05, 0.1) is 11.4 Å². The molecule has 0 amide bonds. The summed E-state index contributed by atoms with van der Waals surface area (Å²) in [5, 5.41) is 0. The van der Waals surface area contributed by atoms with Crippen molar-refractivity contribution in [1.29, 1.82) is 0 Å². The van der Waals surface area contributed by atoms with Crippen LogP contribution in [0.15, 0.2) is 91.1 Å². The van der Waals surface area contributed by atoms with Crippen molar-refractivity contribution in [2.75, 3.05) is 0 Å². The second-order valence-electron chi connectivity index (χ2n) is 8.13. The molecule has 4 rings (SSSR count). The van der Waals surface area contributed by atoms with Gasteiger partial charge in [0.1, 0.15) is 5.82 Å². The minimum atomic E-state index is -0.205. The van der Waals surface area contributed by atoms with E-state index >= 15 is 0 Å². The zero-order valence-corrected chi connectivity index (χ0v) is 17.0. The van der Waals surface area contributed by atoms with Crippen LogP contribution in [0.25, 0.3) is 17.1 Å². The van der Waals surface area contributed by atoms with Crippen molar-refractivity contribution in [2.24, 2.45) is 0 Å². The number of benzene rings is 2. The number of aromatic nitrogens is 2. The molecule has 0 atom stereocenters. The van der Waals surface area contributed by atoms with E-state index in [0.717, 1.165) is 22.6 Å². The Hall–Kier alpha value is -3.46. The van der Waals surface area contributed by atoms with Gasteiger partial charge in [0.2, 0.25) is 5.78 Å². The highest BCUT2D eigenvalue weighted by Crippen LogP contribution is 2.36. The summed E-state index contributed by atoms with van der Waals surface area (Å²) in [7, 11) is 0. The van der Waals surface area contributed by atoms with Gasteiger partial charge in [0, 0.05) is 11.8 Å². The molecule has 0 aliphatic carbocycles. The van der Waals surface area contributed by atoms with E-state index in [2.05, 4.69) is 44.0 Å². The predicted octanol–water partition coefficient (Wildman–Crippen LogP) is 6.07. The molecular weight excluding hydrogens is 356 g/mol. The van der Waals surface area contributed by atoms with E-state index in [1.165, 1.54) is 0 Å². The highest BCUT2D eigenvalue weighted by atomic mass is 16.1. The number of carbonyl (C=O) groups is 1. The molecule has 3 nitrogen and oxygen atoms in total. The van der Waals surface area contributed by atoms with Crippen LogP contribution in [-0.2, 0) is 5.41 Å². The Kier molecular flexibility index (Phi) is 4.89. The van der Waals surface area contributed by atoms with Crippen LogP contribution in [-0.4, -0.2) is 15.3 Å². The van der Waals surface area contributed by atoms with Crippen molar-refractivity contribution < 1.29 is 4.79 Å². The lowest BCUT2D eigenvalue weighted by Gasteiger charge is -2.20.